The van der Waals surface area contributed by atoms with Crippen molar-refractivity contribution in [2.45, 2.75) is 24.3 Å². The molecule has 1 saturated heterocycles. The summed E-state index contributed by atoms with van der Waals surface area (Å²) in [6.45, 7) is 2.63. The predicted molar refractivity (Wildman–Crippen MR) is 74.8 cm³/mol. The summed E-state index contributed by atoms with van der Waals surface area (Å²) in [5, 5.41) is 0.428. The molecule has 2 rings (SSSR count). The Balaban J connectivity index is 0.00000162. The molecule has 1 aromatic carbocycles. The third-order valence-electron chi connectivity index (χ3n) is 2.96. The fourth-order valence-corrected chi connectivity index (χ4v) is 3.96. The van der Waals surface area contributed by atoms with E-state index in [9.17, 15) is 8.42 Å². The molecule has 2 N–H and O–H groups in total. The maximum atomic E-state index is 12.4. The second-order valence-electron chi connectivity index (χ2n) is 4.32. The van der Waals surface area contributed by atoms with E-state index in [2.05, 4.69) is 0 Å². The molecule has 18 heavy (non-hydrogen) atoms. The van der Waals surface area contributed by atoms with Crippen LogP contribution in [0.1, 0.15) is 12.0 Å². The zero-order valence-electron chi connectivity index (χ0n) is 9.97. The van der Waals surface area contributed by atoms with Crippen molar-refractivity contribution in [1.82, 2.24) is 4.31 Å². The quantitative estimate of drug-likeness (QED) is 0.906. The second-order valence-corrected chi connectivity index (χ2v) is 6.66. The summed E-state index contributed by atoms with van der Waals surface area (Å²) >= 11 is 5.85. The fourth-order valence-electron chi connectivity index (χ4n) is 1.96. The standard InChI is InChI=1S/C11H15ClN2O2S.ClH/c1-8-2-3-9(12)6-11(8)17(15,16)14-5-4-10(13)7-14;/h2-3,6,10H,4-5,7,13H2,1H3;1H/t10-;/m0./s1. The number of sulfonamides is 1. The first-order valence-electron chi connectivity index (χ1n) is 5.43. The average Bonchev–Trinajstić information content (AvgIpc) is 2.69. The van der Waals surface area contributed by atoms with E-state index in [1.807, 2.05) is 0 Å². The van der Waals surface area contributed by atoms with Gasteiger partial charge in [-0.3, -0.25) is 0 Å². The van der Waals surface area contributed by atoms with Gasteiger partial charge in [-0.1, -0.05) is 17.7 Å². The van der Waals surface area contributed by atoms with Crippen LogP contribution < -0.4 is 5.73 Å². The van der Waals surface area contributed by atoms with E-state index >= 15 is 0 Å². The topological polar surface area (TPSA) is 63.4 Å². The summed E-state index contributed by atoms with van der Waals surface area (Å²) in [5.74, 6) is 0. The van der Waals surface area contributed by atoms with Crippen molar-refractivity contribution < 1.29 is 8.42 Å². The van der Waals surface area contributed by atoms with Gasteiger partial charge < -0.3 is 5.73 Å². The lowest BCUT2D eigenvalue weighted by Crippen LogP contribution is -2.32. The number of benzene rings is 1. The van der Waals surface area contributed by atoms with Crippen LogP contribution in [0.5, 0.6) is 0 Å². The van der Waals surface area contributed by atoms with Gasteiger partial charge in [-0.15, -0.1) is 12.4 Å². The number of hydrogen-bond acceptors (Lipinski definition) is 3. The highest BCUT2D eigenvalue weighted by Crippen LogP contribution is 2.25. The first kappa shape index (κ1) is 15.7. The second kappa shape index (κ2) is 5.75. The maximum absolute atomic E-state index is 12.4. The van der Waals surface area contributed by atoms with Crippen LogP contribution in [0.3, 0.4) is 0 Å². The van der Waals surface area contributed by atoms with Crippen molar-refractivity contribution in [2.24, 2.45) is 5.73 Å². The van der Waals surface area contributed by atoms with Crippen LogP contribution in [0.25, 0.3) is 0 Å². The van der Waals surface area contributed by atoms with Crippen LogP contribution >= 0.6 is 24.0 Å². The molecule has 0 aliphatic carbocycles. The van der Waals surface area contributed by atoms with Crippen LogP contribution in [0.2, 0.25) is 5.02 Å². The monoisotopic (exact) mass is 310 g/mol. The summed E-state index contributed by atoms with van der Waals surface area (Å²) in [7, 11) is -3.46. The number of halogens is 2. The van der Waals surface area contributed by atoms with E-state index in [-0.39, 0.29) is 23.3 Å². The smallest absolute Gasteiger partial charge is 0.243 e. The Morgan fingerprint density at radius 3 is 2.67 bits per heavy atom. The first-order valence-corrected chi connectivity index (χ1v) is 7.25. The van der Waals surface area contributed by atoms with Crippen molar-refractivity contribution in [1.29, 1.82) is 0 Å². The Morgan fingerprint density at radius 1 is 1.44 bits per heavy atom. The van der Waals surface area contributed by atoms with E-state index in [1.54, 1.807) is 19.1 Å². The minimum absolute atomic E-state index is 0. The highest BCUT2D eigenvalue weighted by atomic mass is 35.5. The normalized spacial score (nSPS) is 20.7. The number of hydrogen-bond donors (Lipinski definition) is 1. The molecule has 1 atom stereocenters. The predicted octanol–water partition coefficient (Wildman–Crippen LogP) is 1.79. The molecule has 1 aliphatic rings. The average molecular weight is 311 g/mol. The summed E-state index contributed by atoms with van der Waals surface area (Å²) in [4.78, 5) is 0.277. The van der Waals surface area contributed by atoms with Crippen molar-refractivity contribution in [3.63, 3.8) is 0 Å². The van der Waals surface area contributed by atoms with Crippen LogP contribution in [0, 0.1) is 6.92 Å². The summed E-state index contributed by atoms with van der Waals surface area (Å²) in [6, 6.07) is 4.83. The molecule has 1 aromatic rings. The van der Waals surface area contributed by atoms with Gasteiger partial charge in [-0.2, -0.15) is 4.31 Å². The van der Waals surface area contributed by atoms with E-state index in [0.29, 0.717) is 30.1 Å². The van der Waals surface area contributed by atoms with Gasteiger partial charge in [0.2, 0.25) is 10.0 Å². The summed E-state index contributed by atoms with van der Waals surface area (Å²) in [5.41, 5.74) is 6.44. The van der Waals surface area contributed by atoms with E-state index in [0.717, 1.165) is 0 Å². The minimum Gasteiger partial charge on any atom is -0.326 e. The molecular formula is C11H16Cl2N2O2S. The maximum Gasteiger partial charge on any atom is 0.243 e. The molecule has 0 saturated carbocycles. The van der Waals surface area contributed by atoms with E-state index < -0.39 is 10.0 Å². The zero-order valence-corrected chi connectivity index (χ0v) is 12.4. The Morgan fingerprint density at radius 2 is 2.11 bits per heavy atom. The molecule has 102 valence electrons. The van der Waals surface area contributed by atoms with Crippen molar-refractivity contribution in [2.75, 3.05) is 13.1 Å². The molecule has 1 heterocycles. The molecule has 1 fully saturated rings. The van der Waals surface area contributed by atoms with Crippen molar-refractivity contribution in [3.8, 4) is 0 Å². The fraction of sp³-hybridized carbons (Fsp3) is 0.455. The van der Waals surface area contributed by atoms with Crippen LogP contribution in [0.15, 0.2) is 23.1 Å². The van der Waals surface area contributed by atoms with Gasteiger partial charge in [-0.25, -0.2) is 8.42 Å². The Labute approximate surface area is 119 Å². The summed E-state index contributed by atoms with van der Waals surface area (Å²) in [6.07, 6.45) is 0.707. The Bertz CT molecular complexity index is 534. The summed E-state index contributed by atoms with van der Waals surface area (Å²) < 4.78 is 26.2. The van der Waals surface area contributed by atoms with Crippen molar-refractivity contribution >= 4 is 34.0 Å². The molecular weight excluding hydrogens is 295 g/mol. The number of rotatable bonds is 2. The van der Waals surface area contributed by atoms with Crippen LogP contribution in [-0.4, -0.2) is 31.9 Å². The highest BCUT2D eigenvalue weighted by molar-refractivity contribution is 7.89. The molecule has 0 unspecified atom stereocenters. The first-order chi connectivity index (χ1) is 7.91. The lowest BCUT2D eigenvalue weighted by Gasteiger charge is -2.17. The molecule has 0 radical (unpaired) electrons. The molecule has 1 aliphatic heterocycles. The van der Waals surface area contributed by atoms with E-state index in [4.69, 9.17) is 17.3 Å². The third-order valence-corrected chi connectivity index (χ3v) is 5.20. The van der Waals surface area contributed by atoms with Crippen molar-refractivity contribution in [3.05, 3.63) is 28.8 Å². The van der Waals surface area contributed by atoms with Gasteiger partial charge in [0.05, 0.1) is 4.90 Å². The molecule has 0 aromatic heterocycles. The van der Waals surface area contributed by atoms with Crippen LogP contribution in [0.4, 0.5) is 0 Å². The Kier molecular flexibility index (Phi) is 5.03. The number of nitrogens with two attached hydrogens (primary N) is 1. The Hall–Kier alpha value is -0.330. The van der Waals surface area contributed by atoms with E-state index in [1.165, 1.54) is 10.4 Å². The lowest BCUT2D eigenvalue weighted by molar-refractivity contribution is 0.472. The SMILES string of the molecule is Cc1ccc(Cl)cc1S(=O)(=O)N1CC[C@H](N)C1.Cl. The number of aryl methyl sites for hydroxylation is 1. The minimum atomic E-state index is -3.46. The van der Waals surface area contributed by atoms with Gasteiger partial charge in [0.1, 0.15) is 0 Å². The van der Waals surface area contributed by atoms with Gasteiger partial charge >= 0.3 is 0 Å². The van der Waals surface area contributed by atoms with Gasteiger partial charge in [0.15, 0.2) is 0 Å². The van der Waals surface area contributed by atoms with Gasteiger partial charge in [-0.05, 0) is 31.0 Å². The highest BCUT2D eigenvalue weighted by Gasteiger charge is 2.31. The molecule has 4 nitrogen and oxygen atoms in total. The van der Waals surface area contributed by atoms with Crippen LogP contribution in [-0.2, 0) is 10.0 Å². The molecule has 0 spiro atoms. The molecule has 0 bridgehead atoms. The number of nitrogens with zero attached hydrogens (tertiary/aromatic N) is 1. The van der Waals surface area contributed by atoms with Gasteiger partial charge in [0, 0.05) is 24.2 Å². The third kappa shape index (κ3) is 2.97. The van der Waals surface area contributed by atoms with Gasteiger partial charge in [0.25, 0.3) is 0 Å². The zero-order chi connectivity index (χ0) is 12.6. The molecule has 0 amide bonds. The largest absolute Gasteiger partial charge is 0.326 e. The molecule has 7 heteroatoms. The lowest BCUT2D eigenvalue weighted by atomic mass is 10.2.